The van der Waals surface area contributed by atoms with Crippen LogP contribution in [0.15, 0.2) is 24.3 Å². The lowest BCUT2D eigenvalue weighted by Gasteiger charge is -2.17. The lowest BCUT2D eigenvalue weighted by molar-refractivity contribution is -0.141. The minimum absolute atomic E-state index is 0.0745. The van der Waals surface area contributed by atoms with E-state index in [0.717, 1.165) is 0 Å². The highest BCUT2D eigenvalue weighted by atomic mass is 16.4. The molecule has 0 heterocycles. The maximum Gasteiger partial charge on any atom is 0.314 e. The van der Waals surface area contributed by atoms with Gasteiger partial charge in [-0.05, 0) is 17.9 Å². The van der Waals surface area contributed by atoms with Crippen molar-refractivity contribution in [3.05, 3.63) is 29.8 Å². The van der Waals surface area contributed by atoms with Gasteiger partial charge in [0.25, 0.3) is 0 Å². The molecule has 0 spiro atoms. The van der Waals surface area contributed by atoms with Crippen LogP contribution < -0.4 is 0 Å². The normalized spacial score (nSPS) is 27.3. The van der Waals surface area contributed by atoms with Crippen LogP contribution in [0.25, 0.3) is 0 Å². The number of carbonyl (C=O) groups is 1. The summed E-state index contributed by atoms with van der Waals surface area (Å²) < 4.78 is 0. The molecule has 1 aromatic rings. The van der Waals surface area contributed by atoms with Crippen LogP contribution in [-0.4, -0.2) is 16.2 Å². The molecule has 1 aromatic carbocycles. The molecule has 80 valence electrons. The van der Waals surface area contributed by atoms with E-state index in [1.54, 1.807) is 18.2 Å². The molecule has 1 unspecified atom stereocenters. The largest absolute Gasteiger partial charge is 0.508 e. The van der Waals surface area contributed by atoms with Crippen LogP contribution in [-0.2, 0) is 10.2 Å². The predicted molar refractivity (Wildman–Crippen MR) is 55.8 cm³/mol. The highest BCUT2D eigenvalue weighted by Gasteiger charge is 2.68. The number of para-hydroxylation sites is 1. The molecule has 15 heavy (non-hydrogen) atoms. The second-order valence-electron chi connectivity index (χ2n) is 4.79. The molecule has 0 radical (unpaired) electrons. The van der Waals surface area contributed by atoms with Crippen LogP contribution in [0.3, 0.4) is 0 Å². The number of carboxylic acid groups (broad SMARTS) is 1. The summed E-state index contributed by atoms with van der Waals surface area (Å²) in [7, 11) is 0. The van der Waals surface area contributed by atoms with Gasteiger partial charge >= 0.3 is 5.97 Å². The number of phenols is 1. The Labute approximate surface area is 88.4 Å². The number of rotatable bonds is 2. The molecule has 3 heteroatoms. The van der Waals surface area contributed by atoms with Gasteiger partial charge in [-0.15, -0.1) is 0 Å². The number of aliphatic carboxylic acids is 1. The Morgan fingerprint density at radius 3 is 2.27 bits per heavy atom. The number of hydrogen-bond donors (Lipinski definition) is 2. The van der Waals surface area contributed by atoms with Crippen LogP contribution in [0.5, 0.6) is 5.75 Å². The average Bonchev–Trinajstić information content (AvgIpc) is 2.71. The second kappa shape index (κ2) is 2.75. The molecule has 0 saturated heterocycles. The Kier molecular flexibility index (Phi) is 1.84. The Hall–Kier alpha value is -1.51. The van der Waals surface area contributed by atoms with Gasteiger partial charge in [0.05, 0.1) is 0 Å². The summed E-state index contributed by atoms with van der Waals surface area (Å²) >= 11 is 0. The Morgan fingerprint density at radius 2 is 1.87 bits per heavy atom. The van der Waals surface area contributed by atoms with Crippen LogP contribution in [0.1, 0.15) is 25.8 Å². The minimum Gasteiger partial charge on any atom is -0.508 e. The number of benzene rings is 1. The van der Waals surface area contributed by atoms with E-state index in [1.807, 2.05) is 13.8 Å². The maximum atomic E-state index is 11.3. The van der Waals surface area contributed by atoms with E-state index in [-0.39, 0.29) is 11.2 Å². The van der Waals surface area contributed by atoms with Gasteiger partial charge in [-0.25, -0.2) is 0 Å². The minimum atomic E-state index is -0.904. The molecule has 3 nitrogen and oxygen atoms in total. The first-order valence-corrected chi connectivity index (χ1v) is 4.94. The first kappa shape index (κ1) is 10.0. The molecule has 0 bridgehead atoms. The van der Waals surface area contributed by atoms with Crippen LogP contribution in [0.2, 0.25) is 0 Å². The summed E-state index contributed by atoms with van der Waals surface area (Å²) in [6, 6.07) is 6.69. The van der Waals surface area contributed by atoms with Gasteiger partial charge in [0.1, 0.15) is 11.2 Å². The van der Waals surface area contributed by atoms with Gasteiger partial charge in [-0.1, -0.05) is 32.0 Å². The van der Waals surface area contributed by atoms with Gasteiger partial charge in [0.15, 0.2) is 0 Å². The van der Waals surface area contributed by atoms with Gasteiger partial charge in [-0.2, -0.15) is 0 Å². The molecule has 2 rings (SSSR count). The Morgan fingerprint density at radius 1 is 1.33 bits per heavy atom. The van der Waals surface area contributed by atoms with E-state index in [9.17, 15) is 15.0 Å². The zero-order chi connectivity index (χ0) is 11.3. The third-order valence-corrected chi connectivity index (χ3v) is 3.47. The fourth-order valence-electron chi connectivity index (χ4n) is 2.39. The number of hydrogen-bond acceptors (Lipinski definition) is 2. The van der Waals surface area contributed by atoms with E-state index < -0.39 is 11.4 Å². The van der Waals surface area contributed by atoms with Crippen molar-refractivity contribution in [1.82, 2.24) is 0 Å². The maximum absolute atomic E-state index is 11.3. The van der Waals surface area contributed by atoms with Crippen molar-refractivity contribution in [1.29, 1.82) is 0 Å². The number of carboxylic acids is 1. The summed E-state index contributed by atoms with van der Waals surface area (Å²) in [6.45, 7) is 3.82. The topological polar surface area (TPSA) is 57.5 Å². The zero-order valence-corrected chi connectivity index (χ0v) is 8.82. The van der Waals surface area contributed by atoms with Gasteiger partial charge < -0.3 is 10.2 Å². The summed E-state index contributed by atoms with van der Waals surface area (Å²) in [5, 5.41) is 19.0. The zero-order valence-electron chi connectivity index (χ0n) is 8.82. The molecule has 1 atom stereocenters. The van der Waals surface area contributed by atoms with Crippen molar-refractivity contribution >= 4 is 5.97 Å². The van der Waals surface area contributed by atoms with Crippen molar-refractivity contribution in [2.24, 2.45) is 5.41 Å². The van der Waals surface area contributed by atoms with Crippen molar-refractivity contribution in [2.45, 2.75) is 25.7 Å². The van der Waals surface area contributed by atoms with E-state index in [4.69, 9.17) is 0 Å². The van der Waals surface area contributed by atoms with Crippen molar-refractivity contribution in [2.75, 3.05) is 0 Å². The van der Waals surface area contributed by atoms with E-state index in [1.165, 1.54) is 6.07 Å². The second-order valence-corrected chi connectivity index (χ2v) is 4.79. The molecular weight excluding hydrogens is 192 g/mol. The third kappa shape index (κ3) is 1.16. The smallest absolute Gasteiger partial charge is 0.314 e. The lowest BCUT2D eigenvalue weighted by atomic mass is 9.87. The van der Waals surface area contributed by atoms with Gasteiger partial charge in [0.2, 0.25) is 0 Å². The molecule has 0 aliphatic heterocycles. The summed E-state index contributed by atoms with van der Waals surface area (Å²) in [5.74, 6) is -0.778. The van der Waals surface area contributed by atoms with Crippen molar-refractivity contribution in [3.63, 3.8) is 0 Å². The average molecular weight is 206 g/mol. The molecule has 1 saturated carbocycles. The lowest BCUT2D eigenvalue weighted by Crippen LogP contribution is -2.25. The summed E-state index contributed by atoms with van der Waals surface area (Å²) in [6.07, 6.45) is 0.576. The molecule has 0 aromatic heterocycles. The van der Waals surface area contributed by atoms with Crippen LogP contribution >= 0.6 is 0 Å². The quantitative estimate of drug-likeness (QED) is 0.779. The fraction of sp³-hybridized carbons (Fsp3) is 0.417. The molecule has 1 aliphatic rings. The van der Waals surface area contributed by atoms with Crippen molar-refractivity contribution < 1.29 is 15.0 Å². The van der Waals surface area contributed by atoms with Gasteiger partial charge in [-0.3, -0.25) is 4.79 Å². The molecular formula is C12H14O3. The molecule has 1 fully saturated rings. The highest BCUT2D eigenvalue weighted by molar-refractivity contribution is 5.88. The molecule has 2 N–H and O–H groups in total. The summed E-state index contributed by atoms with van der Waals surface area (Å²) in [4.78, 5) is 11.3. The number of phenolic OH excluding ortho intramolecular Hbond substituents is 1. The van der Waals surface area contributed by atoms with E-state index >= 15 is 0 Å². The Bertz CT molecular complexity index is 423. The summed E-state index contributed by atoms with van der Waals surface area (Å²) in [5.41, 5.74) is -0.654. The predicted octanol–water partition coefficient (Wildman–Crippen LogP) is 2.14. The third-order valence-electron chi connectivity index (χ3n) is 3.47. The van der Waals surface area contributed by atoms with Crippen molar-refractivity contribution in [3.8, 4) is 5.75 Å². The number of aromatic hydroxyl groups is 1. The van der Waals surface area contributed by atoms with Crippen LogP contribution in [0, 0.1) is 5.41 Å². The molecule has 1 aliphatic carbocycles. The monoisotopic (exact) mass is 206 g/mol. The highest BCUT2D eigenvalue weighted by Crippen LogP contribution is 2.65. The SMILES string of the molecule is CC1(C)CC1(C(=O)O)c1ccccc1O. The molecule has 0 amide bonds. The first-order chi connectivity index (χ1) is 6.92. The standard InChI is InChI=1S/C12H14O3/c1-11(2)7-12(11,10(14)15)8-5-3-4-6-9(8)13/h3-6,13H,7H2,1-2H3,(H,14,15). The van der Waals surface area contributed by atoms with E-state index in [2.05, 4.69) is 0 Å². The Balaban J connectivity index is 2.55. The van der Waals surface area contributed by atoms with Crippen LogP contribution in [0.4, 0.5) is 0 Å². The fourth-order valence-corrected chi connectivity index (χ4v) is 2.39. The first-order valence-electron chi connectivity index (χ1n) is 4.94. The van der Waals surface area contributed by atoms with Gasteiger partial charge in [0, 0.05) is 5.56 Å². The van der Waals surface area contributed by atoms with E-state index in [0.29, 0.717) is 12.0 Å².